The molecule has 1 aliphatic heterocycles. The maximum atomic E-state index is 12.7. The topological polar surface area (TPSA) is 76.8 Å². The fourth-order valence-corrected chi connectivity index (χ4v) is 4.17. The molecule has 6 nitrogen and oxygen atoms in total. The van der Waals surface area contributed by atoms with E-state index in [0.29, 0.717) is 25.5 Å². The molecular formula is C20H23NO5S. The summed E-state index contributed by atoms with van der Waals surface area (Å²) in [4.78, 5) is 27.0. The molecule has 7 heteroatoms. The first kappa shape index (κ1) is 19.4. The van der Waals surface area contributed by atoms with Crippen molar-refractivity contribution in [2.24, 2.45) is 5.92 Å². The zero-order valence-corrected chi connectivity index (χ0v) is 16.1. The number of benzene rings is 1. The lowest BCUT2D eigenvalue weighted by Gasteiger charge is -2.30. The summed E-state index contributed by atoms with van der Waals surface area (Å²) >= 11 is 0. The zero-order chi connectivity index (χ0) is 19.2. The predicted molar refractivity (Wildman–Crippen MR) is 101 cm³/mol. The summed E-state index contributed by atoms with van der Waals surface area (Å²) in [6.45, 7) is 3.03. The molecule has 0 spiro atoms. The molecule has 3 rings (SSSR count). The van der Waals surface area contributed by atoms with Gasteiger partial charge in [-0.2, -0.15) is 0 Å². The first-order valence-corrected chi connectivity index (χ1v) is 10.4. The van der Waals surface area contributed by atoms with Gasteiger partial charge in [0.05, 0.1) is 29.1 Å². The van der Waals surface area contributed by atoms with E-state index < -0.39 is 10.8 Å². The number of carbonyl (C=O) groups excluding carboxylic acids is 2. The SMILES string of the molecule is CCOC(=O)C1CCCN(C(=O)c2ccc(CS(=O)c3ccccc3)o2)C1. The van der Waals surface area contributed by atoms with Gasteiger partial charge in [0.15, 0.2) is 5.76 Å². The average Bonchev–Trinajstić information content (AvgIpc) is 3.16. The minimum absolute atomic E-state index is 0.208. The van der Waals surface area contributed by atoms with Gasteiger partial charge in [0.25, 0.3) is 5.91 Å². The average molecular weight is 389 g/mol. The van der Waals surface area contributed by atoms with Crippen LogP contribution in [-0.4, -0.2) is 40.7 Å². The van der Waals surface area contributed by atoms with Crippen molar-refractivity contribution in [1.82, 2.24) is 4.90 Å². The summed E-state index contributed by atoms with van der Waals surface area (Å²) in [5.74, 6) is 0.124. The Labute approximate surface area is 160 Å². The Bertz CT molecular complexity index is 817. The number of likely N-dealkylation sites (tertiary alicyclic amines) is 1. The van der Waals surface area contributed by atoms with E-state index in [0.717, 1.165) is 17.7 Å². The first-order chi connectivity index (χ1) is 13.1. The van der Waals surface area contributed by atoms with Crippen LogP contribution in [0.3, 0.4) is 0 Å². The van der Waals surface area contributed by atoms with Gasteiger partial charge in [0.1, 0.15) is 5.76 Å². The standard InChI is InChI=1S/C20H23NO5S/c1-2-25-20(23)15-7-6-12-21(13-15)19(22)18-11-10-16(26-18)14-27(24)17-8-4-3-5-9-17/h3-5,8-11,15H,2,6-7,12-14H2,1H3. The molecule has 1 aromatic carbocycles. The second kappa shape index (κ2) is 8.99. The van der Waals surface area contributed by atoms with E-state index in [-0.39, 0.29) is 29.3 Å². The lowest BCUT2D eigenvalue weighted by atomic mass is 9.98. The molecule has 1 fully saturated rings. The maximum Gasteiger partial charge on any atom is 0.310 e. The highest BCUT2D eigenvalue weighted by atomic mass is 32.2. The van der Waals surface area contributed by atoms with Gasteiger partial charge in [0, 0.05) is 18.0 Å². The summed E-state index contributed by atoms with van der Waals surface area (Å²) in [5.41, 5.74) is 0. The van der Waals surface area contributed by atoms with Gasteiger partial charge < -0.3 is 14.1 Å². The number of piperidine rings is 1. The molecule has 2 unspecified atom stereocenters. The van der Waals surface area contributed by atoms with Gasteiger partial charge in [-0.3, -0.25) is 13.8 Å². The van der Waals surface area contributed by atoms with Crippen molar-refractivity contribution in [2.75, 3.05) is 19.7 Å². The fraction of sp³-hybridized carbons (Fsp3) is 0.400. The molecule has 0 bridgehead atoms. The first-order valence-electron chi connectivity index (χ1n) is 9.06. The minimum atomic E-state index is -1.23. The van der Waals surface area contributed by atoms with Crippen molar-refractivity contribution in [2.45, 2.75) is 30.4 Å². The minimum Gasteiger partial charge on any atom is -0.466 e. The fourth-order valence-electron chi connectivity index (χ4n) is 3.13. The van der Waals surface area contributed by atoms with Crippen LogP contribution >= 0.6 is 0 Å². The normalized spacial score (nSPS) is 18.1. The number of furan rings is 1. The quantitative estimate of drug-likeness (QED) is 0.710. The molecule has 0 aliphatic carbocycles. The van der Waals surface area contributed by atoms with E-state index in [1.165, 1.54) is 0 Å². The molecule has 1 aliphatic rings. The Morgan fingerprint density at radius 2 is 2.00 bits per heavy atom. The third-order valence-corrected chi connectivity index (χ3v) is 5.83. The number of hydrogen-bond acceptors (Lipinski definition) is 5. The highest BCUT2D eigenvalue weighted by molar-refractivity contribution is 7.84. The van der Waals surface area contributed by atoms with Crippen LogP contribution in [0.25, 0.3) is 0 Å². The van der Waals surface area contributed by atoms with Crippen LogP contribution in [-0.2, 0) is 26.1 Å². The summed E-state index contributed by atoms with van der Waals surface area (Å²) in [6, 6.07) is 12.4. The van der Waals surface area contributed by atoms with Crippen molar-refractivity contribution >= 4 is 22.7 Å². The third kappa shape index (κ3) is 4.86. The zero-order valence-electron chi connectivity index (χ0n) is 15.3. The van der Waals surface area contributed by atoms with Crippen LogP contribution < -0.4 is 0 Å². The Morgan fingerprint density at radius 1 is 1.22 bits per heavy atom. The molecule has 144 valence electrons. The number of ether oxygens (including phenoxy) is 1. The van der Waals surface area contributed by atoms with Crippen LogP contribution in [0.4, 0.5) is 0 Å². The number of amides is 1. The number of nitrogens with zero attached hydrogens (tertiary/aromatic N) is 1. The van der Waals surface area contributed by atoms with Crippen LogP contribution in [0.2, 0.25) is 0 Å². The van der Waals surface area contributed by atoms with E-state index in [2.05, 4.69) is 0 Å². The maximum absolute atomic E-state index is 12.7. The van der Waals surface area contributed by atoms with Gasteiger partial charge in [-0.25, -0.2) is 0 Å². The molecule has 1 amide bonds. The van der Waals surface area contributed by atoms with Crippen LogP contribution in [0.1, 0.15) is 36.1 Å². The number of rotatable bonds is 6. The smallest absolute Gasteiger partial charge is 0.310 e. The van der Waals surface area contributed by atoms with Crippen molar-refractivity contribution in [3.63, 3.8) is 0 Å². The molecule has 0 radical (unpaired) electrons. The van der Waals surface area contributed by atoms with Crippen molar-refractivity contribution < 1.29 is 23.0 Å². The Balaban J connectivity index is 1.62. The number of hydrogen-bond donors (Lipinski definition) is 0. The summed E-state index contributed by atoms with van der Waals surface area (Å²) < 4.78 is 23.1. The molecule has 2 heterocycles. The molecule has 1 aromatic heterocycles. The van der Waals surface area contributed by atoms with Crippen LogP contribution in [0.15, 0.2) is 51.8 Å². The van der Waals surface area contributed by atoms with Gasteiger partial charge in [-0.15, -0.1) is 0 Å². The van der Waals surface area contributed by atoms with E-state index in [1.54, 1.807) is 36.1 Å². The Kier molecular flexibility index (Phi) is 6.45. The van der Waals surface area contributed by atoms with E-state index >= 15 is 0 Å². The highest BCUT2D eigenvalue weighted by Gasteiger charge is 2.31. The predicted octanol–water partition coefficient (Wildman–Crippen LogP) is 3.00. The lowest BCUT2D eigenvalue weighted by molar-refractivity contribution is -0.149. The van der Waals surface area contributed by atoms with Crippen molar-refractivity contribution in [3.8, 4) is 0 Å². The Hall–Kier alpha value is -2.41. The molecule has 27 heavy (non-hydrogen) atoms. The van der Waals surface area contributed by atoms with Crippen LogP contribution in [0, 0.1) is 5.92 Å². The molecular weight excluding hydrogens is 366 g/mol. The Morgan fingerprint density at radius 3 is 2.74 bits per heavy atom. The lowest BCUT2D eigenvalue weighted by Crippen LogP contribution is -2.42. The monoisotopic (exact) mass is 389 g/mol. The van der Waals surface area contributed by atoms with Crippen LogP contribution in [0.5, 0.6) is 0 Å². The van der Waals surface area contributed by atoms with Gasteiger partial charge >= 0.3 is 5.97 Å². The molecule has 0 N–H and O–H groups in total. The molecule has 2 atom stereocenters. The highest BCUT2D eigenvalue weighted by Crippen LogP contribution is 2.21. The summed E-state index contributed by atoms with van der Waals surface area (Å²) in [6.07, 6.45) is 1.48. The van der Waals surface area contributed by atoms with Crippen molar-refractivity contribution in [1.29, 1.82) is 0 Å². The van der Waals surface area contributed by atoms with E-state index in [1.807, 2.05) is 18.2 Å². The van der Waals surface area contributed by atoms with Gasteiger partial charge in [0.2, 0.25) is 0 Å². The second-order valence-electron chi connectivity index (χ2n) is 6.41. The molecule has 2 aromatic rings. The third-order valence-electron chi connectivity index (χ3n) is 4.48. The van der Waals surface area contributed by atoms with Gasteiger partial charge in [-0.1, -0.05) is 18.2 Å². The number of carbonyl (C=O) groups is 2. The molecule has 0 saturated carbocycles. The van der Waals surface area contributed by atoms with E-state index in [4.69, 9.17) is 9.15 Å². The van der Waals surface area contributed by atoms with Crippen molar-refractivity contribution in [3.05, 3.63) is 54.0 Å². The van der Waals surface area contributed by atoms with Gasteiger partial charge in [-0.05, 0) is 44.0 Å². The second-order valence-corrected chi connectivity index (χ2v) is 7.86. The largest absolute Gasteiger partial charge is 0.466 e. The van der Waals surface area contributed by atoms with E-state index in [9.17, 15) is 13.8 Å². The molecule has 1 saturated heterocycles. The summed E-state index contributed by atoms with van der Waals surface area (Å²) in [7, 11) is -1.23. The number of esters is 1. The summed E-state index contributed by atoms with van der Waals surface area (Å²) in [5, 5.41) is 0.